The van der Waals surface area contributed by atoms with Gasteiger partial charge >= 0.3 is 6.09 Å². The normalized spacial score (nSPS) is 9.93. The number of rotatable bonds is 5. The van der Waals surface area contributed by atoms with Crippen molar-refractivity contribution in [1.29, 1.82) is 0 Å². The molecule has 3 N–H and O–H groups in total. The second-order valence-corrected chi connectivity index (χ2v) is 3.47. The number of hydrogen-bond acceptors (Lipinski definition) is 2. The van der Waals surface area contributed by atoms with E-state index in [1.807, 2.05) is 24.3 Å². The molecule has 15 heavy (non-hydrogen) atoms. The topological polar surface area (TPSA) is 61.4 Å². The Bertz CT molecular complexity index is 314. The molecule has 0 aliphatic carbocycles. The average Bonchev–Trinajstić information content (AvgIpc) is 2.20. The van der Waals surface area contributed by atoms with Crippen molar-refractivity contribution in [3.05, 3.63) is 34.9 Å². The molecule has 1 amide bonds. The molecule has 4 nitrogen and oxygen atoms in total. The molecule has 5 heteroatoms. The van der Waals surface area contributed by atoms with Crippen LogP contribution < -0.4 is 10.6 Å². The second kappa shape index (κ2) is 6.27. The zero-order valence-electron chi connectivity index (χ0n) is 8.16. The van der Waals surface area contributed by atoms with E-state index in [0.717, 1.165) is 5.56 Å². The van der Waals surface area contributed by atoms with E-state index in [1.54, 1.807) is 0 Å². The standard InChI is InChI=1S/C10H13ClN2O2/c11-9-3-1-8(2-4-9)7-12-5-6-13-10(14)15/h1-4,12-13H,5-7H2,(H,14,15). The zero-order valence-corrected chi connectivity index (χ0v) is 8.92. The average molecular weight is 229 g/mol. The lowest BCUT2D eigenvalue weighted by Gasteiger charge is -2.04. The van der Waals surface area contributed by atoms with Gasteiger partial charge in [-0.1, -0.05) is 23.7 Å². The van der Waals surface area contributed by atoms with Crippen molar-refractivity contribution in [3.8, 4) is 0 Å². The lowest BCUT2D eigenvalue weighted by molar-refractivity contribution is 0.194. The summed E-state index contributed by atoms with van der Waals surface area (Å²) >= 11 is 5.73. The smallest absolute Gasteiger partial charge is 0.404 e. The Hall–Kier alpha value is -1.26. The third-order valence-corrected chi connectivity index (χ3v) is 2.07. The molecule has 0 aliphatic heterocycles. The summed E-state index contributed by atoms with van der Waals surface area (Å²) in [6, 6.07) is 7.52. The third-order valence-electron chi connectivity index (χ3n) is 1.82. The highest BCUT2D eigenvalue weighted by molar-refractivity contribution is 6.30. The summed E-state index contributed by atoms with van der Waals surface area (Å²) in [4.78, 5) is 10.1. The molecule has 0 unspecified atom stereocenters. The van der Waals surface area contributed by atoms with Gasteiger partial charge in [-0.05, 0) is 17.7 Å². The first-order valence-corrected chi connectivity index (χ1v) is 4.98. The minimum absolute atomic E-state index is 0.406. The summed E-state index contributed by atoms with van der Waals surface area (Å²) < 4.78 is 0. The third kappa shape index (κ3) is 5.24. The van der Waals surface area contributed by atoms with E-state index in [2.05, 4.69) is 10.6 Å². The molecule has 0 saturated heterocycles. The van der Waals surface area contributed by atoms with Crippen molar-refractivity contribution in [3.63, 3.8) is 0 Å². The van der Waals surface area contributed by atoms with Crippen LogP contribution in [0.15, 0.2) is 24.3 Å². The summed E-state index contributed by atoms with van der Waals surface area (Å²) in [5, 5.41) is 14.4. The first-order chi connectivity index (χ1) is 7.18. The summed E-state index contributed by atoms with van der Waals surface area (Å²) in [5.74, 6) is 0. The fourth-order valence-electron chi connectivity index (χ4n) is 1.09. The maximum absolute atomic E-state index is 10.1. The van der Waals surface area contributed by atoms with Gasteiger partial charge in [0.05, 0.1) is 0 Å². The van der Waals surface area contributed by atoms with Gasteiger partial charge < -0.3 is 15.7 Å². The summed E-state index contributed by atoms with van der Waals surface area (Å²) in [6.07, 6.45) is -0.997. The summed E-state index contributed by atoms with van der Waals surface area (Å²) in [6.45, 7) is 1.72. The van der Waals surface area contributed by atoms with E-state index in [1.165, 1.54) is 0 Å². The van der Waals surface area contributed by atoms with E-state index >= 15 is 0 Å². The Morgan fingerprint density at radius 1 is 1.27 bits per heavy atom. The number of benzene rings is 1. The minimum Gasteiger partial charge on any atom is -0.465 e. The number of carboxylic acid groups (broad SMARTS) is 1. The fraction of sp³-hybridized carbons (Fsp3) is 0.300. The predicted octanol–water partition coefficient (Wildman–Crippen LogP) is 1.70. The summed E-state index contributed by atoms with van der Waals surface area (Å²) in [7, 11) is 0. The van der Waals surface area contributed by atoms with Gasteiger partial charge in [0.15, 0.2) is 0 Å². The molecule has 0 aliphatic rings. The van der Waals surface area contributed by atoms with Gasteiger partial charge in [-0.2, -0.15) is 0 Å². The van der Waals surface area contributed by atoms with Crippen LogP contribution in [0.5, 0.6) is 0 Å². The molecule has 0 spiro atoms. The maximum atomic E-state index is 10.1. The number of nitrogens with one attached hydrogen (secondary N) is 2. The molecule has 0 saturated carbocycles. The van der Waals surface area contributed by atoms with Crippen molar-refractivity contribution in [2.75, 3.05) is 13.1 Å². The highest BCUT2D eigenvalue weighted by Gasteiger charge is 1.94. The van der Waals surface area contributed by atoms with Crippen LogP contribution in [0.2, 0.25) is 5.02 Å². The van der Waals surface area contributed by atoms with Crippen LogP contribution in [0, 0.1) is 0 Å². The SMILES string of the molecule is O=C(O)NCCNCc1ccc(Cl)cc1. The van der Waals surface area contributed by atoms with Gasteiger partial charge in [0.25, 0.3) is 0 Å². The van der Waals surface area contributed by atoms with Crippen LogP contribution in [-0.2, 0) is 6.54 Å². The van der Waals surface area contributed by atoms with Crippen molar-refractivity contribution >= 4 is 17.7 Å². The lowest BCUT2D eigenvalue weighted by atomic mass is 10.2. The van der Waals surface area contributed by atoms with Crippen molar-refractivity contribution in [2.24, 2.45) is 0 Å². The quantitative estimate of drug-likeness (QED) is 0.673. The van der Waals surface area contributed by atoms with E-state index in [9.17, 15) is 4.79 Å². The number of amides is 1. The Morgan fingerprint density at radius 3 is 2.53 bits per heavy atom. The maximum Gasteiger partial charge on any atom is 0.404 e. The van der Waals surface area contributed by atoms with Gasteiger partial charge in [-0.25, -0.2) is 4.79 Å². The molecule has 0 atom stereocenters. The van der Waals surface area contributed by atoms with Gasteiger partial charge in [0, 0.05) is 24.7 Å². The molecule has 1 rings (SSSR count). The molecule has 1 aromatic rings. The van der Waals surface area contributed by atoms with Gasteiger partial charge in [0.1, 0.15) is 0 Å². The van der Waals surface area contributed by atoms with E-state index in [0.29, 0.717) is 24.7 Å². The lowest BCUT2D eigenvalue weighted by Crippen LogP contribution is -2.30. The van der Waals surface area contributed by atoms with Crippen molar-refractivity contribution in [1.82, 2.24) is 10.6 Å². The largest absolute Gasteiger partial charge is 0.465 e. The molecule has 1 aromatic carbocycles. The molecule has 0 radical (unpaired) electrons. The second-order valence-electron chi connectivity index (χ2n) is 3.04. The van der Waals surface area contributed by atoms with E-state index in [4.69, 9.17) is 16.7 Å². The zero-order chi connectivity index (χ0) is 11.1. The van der Waals surface area contributed by atoms with E-state index in [-0.39, 0.29) is 0 Å². The highest BCUT2D eigenvalue weighted by Crippen LogP contribution is 2.08. The Kier molecular flexibility index (Phi) is 4.93. The van der Waals surface area contributed by atoms with Crippen LogP contribution in [0.25, 0.3) is 0 Å². The highest BCUT2D eigenvalue weighted by atomic mass is 35.5. The van der Waals surface area contributed by atoms with E-state index < -0.39 is 6.09 Å². The first-order valence-electron chi connectivity index (χ1n) is 4.60. The molecular formula is C10H13ClN2O2. The molecule has 0 fully saturated rings. The van der Waals surface area contributed by atoms with Crippen LogP contribution in [0.4, 0.5) is 4.79 Å². The van der Waals surface area contributed by atoms with Crippen LogP contribution in [-0.4, -0.2) is 24.3 Å². The Balaban J connectivity index is 2.15. The van der Waals surface area contributed by atoms with Gasteiger partial charge in [0.2, 0.25) is 0 Å². The van der Waals surface area contributed by atoms with Gasteiger partial charge in [-0.3, -0.25) is 0 Å². The fourth-order valence-corrected chi connectivity index (χ4v) is 1.22. The van der Waals surface area contributed by atoms with Crippen molar-refractivity contribution in [2.45, 2.75) is 6.54 Å². The van der Waals surface area contributed by atoms with Crippen molar-refractivity contribution < 1.29 is 9.90 Å². The Morgan fingerprint density at radius 2 is 1.93 bits per heavy atom. The summed E-state index contributed by atoms with van der Waals surface area (Å²) in [5.41, 5.74) is 1.12. The molecule has 0 aromatic heterocycles. The Labute approximate surface area is 93.2 Å². The first kappa shape index (κ1) is 11.8. The van der Waals surface area contributed by atoms with Crippen LogP contribution in [0.3, 0.4) is 0 Å². The minimum atomic E-state index is -0.997. The monoisotopic (exact) mass is 228 g/mol. The predicted molar refractivity (Wildman–Crippen MR) is 59.2 cm³/mol. The number of hydrogen-bond donors (Lipinski definition) is 3. The molecule has 0 heterocycles. The molecular weight excluding hydrogens is 216 g/mol. The number of carbonyl (C=O) groups is 1. The van der Waals surface area contributed by atoms with Crippen LogP contribution >= 0.6 is 11.6 Å². The number of halogens is 1. The van der Waals surface area contributed by atoms with Crippen LogP contribution in [0.1, 0.15) is 5.56 Å². The van der Waals surface area contributed by atoms with Gasteiger partial charge in [-0.15, -0.1) is 0 Å². The molecule has 82 valence electrons. The molecule has 0 bridgehead atoms.